The van der Waals surface area contributed by atoms with Gasteiger partial charge in [0.05, 0.1) is 107 Å². The predicted octanol–water partition coefficient (Wildman–Crippen LogP) is 21.9. The highest BCUT2D eigenvalue weighted by atomic mass is 79.9. The van der Waals surface area contributed by atoms with Crippen LogP contribution in [0.15, 0.2) is 196 Å². The number of nitrogens with zero attached hydrogens (tertiary/aromatic N) is 11. The smallest absolute Gasteiger partial charge is 0.454 e. The molecule has 32 nitrogen and oxygen atoms in total. The lowest BCUT2D eigenvalue weighted by atomic mass is 9.86. The van der Waals surface area contributed by atoms with E-state index in [4.69, 9.17) is 83.1 Å². The van der Waals surface area contributed by atoms with E-state index >= 15 is 0 Å². The summed E-state index contributed by atoms with van der Waals surface area (Å²) in [6, 6.07) is 33.1. The van der Waals surface area contributed by atoms with Gasteiger partial charge in [0.1, 0.15) is 64.0 Å². The van der Waals surface area contributed by atoms with Crippen LogP contribution in [0.3, 0.4) is 0 Å². The molecule has 0 saturated carbocycles. The summed E-state index contributed by atoms with van der Waals surface area (Å²) in [7, 11) is 0. The van der Waals surface area contributed by atoms with Crippen molar-refractivity contribution >= 4 is 275 Å². The number of carbonyl (C=O) groups excluding carboxylic acids is 8. The van der Waals surface area contributed by atoms with Crippen molar-refractivity contribution in [1.82, 2.24) is 54.9 Å². The van der Waals surface area contributed by atoms with Gasteiger partial charge in [-0.25, -0.2) is 58.9 Å². The number of para-hydroxylation sites is 4. The quantitative estimate of drug-likeness (QED) is 0.00799. The molecule has 13 aromatic rings. The van der Waals surface area contributed by atoms with Crippen LogP contribution in [0.1, 0.15) is 86.4 Å². The molecule has 5 heterocycles. The van der Waals surface area contributed by atoms with Crippen molar-refractivity contribution in [3.63, 3.8) is 0 Å². The highest BCUT2D eigenvalue weighted by molar-refractivity contribution is 9.12. The molecule has 0 radical (unpaired) electrons. The lowest BCUT2D eigenvalue weighted by Gasteiger charge is -2.18. The minimum Gasteiger partial charge on any atom is -0.454 e. The molecule has 0 saturated heterocycles. The van der Waals surface area contributed by atoms with E-state index in [-0.39, 0.29) is 78.6 Å². The molecule has 0 N–H and O–H groups in total. The largest absolute Gasteiger partial charge is 0.511 e. The number of allylic oxidation sites excluding steroid dienone is 6. The van der Waals surface area contributed by atoms with Gasteiger partial charge in [-0.15, -0.1) is 5.10 Å². The maximum atomic E-state index is 12.5. The molecule has 0 aliphatic heterocycles. The first-order chi connectivity index (χ1) is 63.3. The molecular formula is C91H78Br8ClN11O21. The average Bonchev–Trinajstić information content (AvgIpc) is 0.821. The number of hydrogen-bond acceptors (Lipinski definition) is 31. The molecule has 0 fully saturated rings. The van der Waals surface area contributed by atoms with Gasteiger partial charge in [0.2, 0.25) is 20.4 Å². The van der Waals surface area contributed by atoms with Crippen molar-refractivity contribution in [2.24, 2.45) is 0 Å². The number of fused-ring (bicyclic) bond motifs is 8. The molecule has 0 atom stereocenters. The van der Waals surface area contributed by atoms with Gasteiger partial charge < -0.3 is 61.6 Å². The molecule has 0 spiro atoms. The van der Waals surface area contributed by atoms with Crippen LogP contribution in [0.5, 0.6) is 23.0 Å². The Morgan fingerprint density at radius 1 is 0.364 bits per heavy atom. The Morgan fingerprint density at radius 3 is 1.12 bits per heavy atom. The fourth-order valence-electron chi connectivity index (χ4n) is 12.9. The SMILES string of the molecule is CC1=C(C)C(=O)C(COC(=O)OCOc2c(Br)cc(Br)c3nc4cc(Cl)ccc4nc23)=C(C)C1=O.CC1=C(C)C(=O)C(COC(=O)OCOc2c(Br)cc(Br)c3nc4ccccc4nc23)=C(C)C1=O.CCCOCCOCCOCCOC(=O)OCOc1c(Br)cc(Br)c2nc3ccccc3nc12.CCCc1cn(Cc2ccc3nc4c(OC(C)=O)c(Br)cc(Br)c4nc3c2)nn1. The third kappa shape index (κ3) is 25.2. The fourth-order valence-corrected chi connectivity index (χ4v) is 18.4. The van der Waals surface area contributed by atoms with Gasteiger partial charge in [-0.3, -0.25) is 24.0 Å². The first kappa shape index (κ1) is 101. The van der Waals surface area contributed by atoms with Gasteiger partial charge in [-0.05, 0) is 266 Å². The Bertz CT molecular complexity index is 6880. The Morgan fingerprint density at radius 2 is 0.712 bits per heavy atom. The molecule has 686 valence electrons. The van der Waals surface area contributed by atoms with Gasteiger partial charge in [-0.1, -0.05) is 67.4 Å². The Hall–Kier alpha value is -10.4. The topological polar surface area (TPSA) is 390 Å². The predicted molar refractivity (Wildman–Crippen MR) is 518 cm³/mol. The summed E-state index contributed by atoms with van der Waals surface area (Å²) in [5.74, 6) is -0.144. The number of aryl methyl sites for hydroxylation is 1. The highest BCUT2D eigenvalue weighted by Gasteiger charge is 2.32. The number of rotatable bonds is 29. The molecule has 0 unspecified atom stereocenters. The monoisotopic (exact) mass is 2330 g/mol. The number of ketones is 4. The number of aromatic nitrogens is 11. The van der Waals surface area contributed by atoms with Crippen molar-refractivity contribution in [3.8, 4) is 23.0 Å². The number of Topliss-reactive ketones (excluding diaryl/α,β-unsaturated/α-hetero) is 4. The maximum Gasteiger partial charge on any atom is 0.511 e. The van der Waals surface area contributed by atoms with Crippen LogP contribution in [0.25, 0.3) is 88.3 Å². The normalized spacial score (nSPS) is 12.8. The fraction of sp³-hybridized carbons (Fsp3) is 0.275. The van der Waals surface area contributed by atoms with Crippen molar-refractivity contribution < 1.29 is 99.9 Å². The van der Waals surface area contributed by atoms with Crippen molar-refractivity contribution in [2.75, 3.05) is 79.8 Å². The van der Waals surface area contributed by atoms with Crippen molar-refractivity contribution in [1.29, 1.82) is 0 Å². The van der Waals surface area contributed by atoms with E-state index in [0.717, 1.165) is 72.6 Å². The van der Waals surface area contributed by atoms with Crippen LogP contribution < -0.4 is 18.9 Å². The number of hydrogen-bond donors (Lipinski definition) is 0. The molecular weight excluding hydrogens is 2260 g/mol. The van der Waals surface area contributed by atoms with Gasteiger partial charge >= 0.3 is 24.4 Å². The van der Waals surface area contributed by atoms with Crippen LogP contribution in [0.4, 0.5) is 14.4 Å². The maximum absolute atomic E-state index is 12.5. The standard InChI is InChI=1S/C24H17Br2ClN2O6.C24H18Br2N2O6.C23H26Br2N2O7.C20H17Br2N5O2/c1-10-11(2)22(31)14(12(3)21(10)30)8-33-24(32)35-9-34-23-16(26)7-15(25)19-20(23)28-17-5-4-13(27)6-18(17)29-19;1-11-12(2)22(30)14(13(3)21(11)29)9-32-24(31)34-10-33-23-16(26)8-15(25)19-20(23)28-18-7-5-4-6-17(18)27-19;1-2-7-29-8-9-30-10-11-31-12-13-32-23(28)34-15-33-22-17(25)14-16(24)20-21(22)27-19-6-4-3-5-18(19)26-20;1-3-4-13-10-27(26-25-13)9-12-5-6-16-17(7-12)24-18-14(21)8-15(22)20(19(18)23-16)29-11(2)28/h4-7H,8-9H2,1-3H3;4-8H,9-10H2,1-3H3;3-6,14H,2,7-13,15H2,1H3;5-8,10H,3-4,9H2,1-2H3. The molecule has 5 aromatic heterocycles. The lowest BCUT2D eigenvalue weighted by molar-refractivity contribution is -0.132. The van der Waals surface area contributed by atoms with Crippen molar-refractivity contribution in [2.45, 2.75) is 88.1 Å². The van der Waals surface area contributed by atoms with E-state index in [1.807, 2.05) is 77.6 Å². The van der Waals surface area contributed by atoms with Gasteiger partial charge in [0.25, 0.3) is 0 Å². The molecule has 132 heavy (non-hydrogen) atoms. The van der Waals surface area contributed by atoms with E-state index in [1.54, 1.807) is 70.2 Å². The van der Waals surface area contributed by atoms with Crippen LogP contribution >= 0.6 is 139 Å². The summed E-state index contributed by atoms with van der Waals surface area (Å²) in [6.45, 7) is 16.4. The zero-order valence-corrected chi connectivity index (χ0v) is 85.1. The Kier molecular flexibility index (Phi) is 35.8. The van der Waals surface area contributed by atoms with E-state index in [2.05, 4.69) is 182 Å². The summed E-state index contributed by atoms with van der Waals surface area (Å²) in [6.07, 6.45) is 1.96. The molecule has 2 aliphatic rings. The zero-order chi connectivity index (χ0) is 94.7. The second kappa shape index (κ2) is 47.0. The van der Waals surface area contributed by atoms with Crippen LogP contribution in [-0.4, -0.2) is 182 Å². The summed E-state index contributed by atoms with van der Waals surface area (Å²) in [5.41, 5.74) is 14.2. The second-order valence-electron chi connectivity index (χ2n) is 28.8. The van der Waals surface area contributed by atoms with Gasteiger partial charge in [0, 0.05) is 87.2 Å². The second-order valence-corrected chi connectivity index (χ2v) is 36.1. The number of esters is 1. The number of carbonyl (C=O) groups is 8. The van der Waals surface area contributed by atoms with E-state index in [9.17, 15) is 38.4 Å². The van der Waals surface area contributed by atoms with Crippen LogP contribution in [-0.2, 0) is 79.6 Å². The Labute approximate surface area is 825 Å². The molecule has 2 aliphatic carbocycles. The van der Waals surface area contributed by atoms with Crippen LogP contribution in [0, 0.1) is 0 Å². The summed E-state index contributed by atoms with van der Waals surface area (Å²) < 4.78 is 75.6. The first-order valence-electron chi connectivity index (χ1n) is 40.2. The molecule has 41 heteroatoms. The first-order valence-corrected chi connectivity index (χ1v) is 47.0. The average molecular weight is 2340 g/mol. The molecule has 0 amide bonds. The lowest BCUT2D eigenvalue weighted by Crippen LogP contribution is -2.24. The minimum atomic E-state index is -1.06. The van der Waals surface area contributed by atoms with E-state index in [1.165, 1.54) is 20.8 Å². The zero-order valence-electron chi connectivity index (χ0n) is 71.7. The summed E-state index contributed by atoms with van der Waals surface area (Å²) in [4.78, 5) is 134. The Balaban J connectivity index is 0.000000159. The third-order valence-electron chi connectivity index (χ3n) is 19.8. The molecule has 8 aromatic carbocycles. The highest BCUT2D eigenvalue weighted by Crippen LogP contribution is 2.43. The minimum absolute atomic E-state index is 0.0564. The van der Waals surface area contributed by atoms with E-state index < -0.39 is 38.0 Å². The molecule has 0 bridgehead atoms. The number of ether oxygens (including phenoxy) is 13. The van der Waals surface area contributed by atoms with Crippen LogP contribution in [0.2, 0.25) is 5.02 Å². The van der Waals surface area contributed by atoms with Gasteiger partial charge in [0.15, 0.2) is 46.1 Å². The number of benzene rings is 8. The van der Waals surface area contributed by atoms with Gasteiger partial charge in [-0.2, -0.15) is 0 Å². The van der Waals surface area contributed by atoms with Crippen molar-refractivity contribution in [3.05, 3.63) is 212 Å². The summed E-state index contributed by atoms with van der Waals surface area (Å²) >= 11 is 33.8. The third-order valence-corrected chi connectivity index (χ3v) is 24.8. The van der Waals surface area contributed by atoms with E-state index in [0.29, 0.717) is 172 Å². The molecule has 15 rings (SSSR count). The summed E-state index contributed by atoms with van der Waals surface area (Å²) in [5, 5.41) is 8.92. The number of halogens is 9.